The Kier molecular flexibility index (Phi) is 2.88. The lowest BCUT2D eigenvalue weighted by Crippen LogP contribution is -2.24. The van der Waals surface area contributed by atoms with Crippen molar-refractivity contribution in [1.29, 1.82) is 0 Å². The Labute approximate surface area is 72.0 Å². The van der Waals surface area contributed by atoms with E-state index in [1.54, 1.807) is 19.3 Å². The van der Waals surface area contributed by atoms with Crippen molar-refractivity contribution in [2.45, 2.75) is 13.5 Å². The molecule has 0 amide bonds. The molecule has 4 nitrogen and oxygen atoms in total. The van der Waals surface area contributed by atoms with Crippen LogP contribution >= 0.6 is 0 Å². The van der Waals surface area contributed by atoms with Gasteiger partial charge in [0.25, 0.3) is 0 Å². The van der Waals surface area contributed by atoms with Gasteiger partial charge in [0.2, 0.25) is 10.0 Å². The maximum atomic E-state index is 11.0. The fraction of sp³-hybridized carbons (Fsp3) is 0.429. The highest BCUT2D eigenvalue weighted by Gasteiger charge is 2.04. The molecule has 0 saturated carbocycles. The van der Waals surface area contributed by atoms with Gasteiger partial charge in [0.05, 0.1) is 5.75 Å². The van der Waals surface area contributed by atoms with Crippen LogP contribution in [0.15, 0.2) is 18.5 Å². The molecule has 0 aromatic carbocycles. The molecular weight excluding hydrogens is 176 g/mol. The zero-order valence-corrected chi connectivity index (χ0v) is 7.69. The van der Waals surface area contributed by atoms with E-state index in [1.165, 1.54) is 0 Å². The van der Waals surface area contributed by atoms with E-state index in [4.69, 9.17) is 0 Å². The molecule has 1 heterocycles. The minimum absolute atomic E-state index is 0.122. The summed E-state index contributed by atoms with van der Waals surface area (Å²) in [5.41, 5.74) is 0.937. The first-order chi connectivity index (χ1) is 5.64. The largest absolute Gasteiger partial charge is 0.367 e. The van der Waals surface area contributed by atoms with Gasteiger partial charge < -0.3 is 4.98 Å². The summed E-state index contributed by atoms with van der Waals surface area (Å²) in [6.45, 7) is 1.97. The molecule has 1 rings (SSSR count). The van der Waals surface area contributed by atoms with Crippen LogP contribution in [0.4, 0.5) is 0 Å². The number of aromatic nitrogens is 1. The van der Waals surface area contributed by atoms with E-state index in [-0.39, 0.29) is 5.75 Å². The van der Waals surface area contributed by atoms with Gasteiger partial charge in [-0.2, -0.15) is 0 Å². The molecule has 0 radical (unpaired) electrons. The summed E-state index contributed by atoms with van der Waals surface area (Å²) in [5.74, 6) is 0.122. The molecule has 0 atom stereocenters. The summed E-state index contributed by atoms with van der Waals surface area (Å²) in [4.78, 5) is 2.85. The zero-order chi connectivity index (χ0) is 9.03. The minimum Gasteiger partial charge on any atom is -0.367 e. The van der Waals surface area contributed by atoms with Crippen LogP contribution in [0.3, 0.4) is 0 Å². The van der Waals surface area contributed by atoms with Crippen molar-refractivity contribution >= 4 is 10.0 Å². The van der Waals surface area contributed by atoms with Crippen LogP contribution in [-0.4, -0.2) is 19.2 Å². The van der Waals surface area contributed by atoms with Crippen molar-refractivity contribution in [3.8, 4) is 0 Å². The number of sulfonamides is 1. The average molecular weight is 188 g/mol. The van der Waals surface area contributed by atoms with E-state index in [0.29, 0.717) is 6.54 Å². The third kappa shape index (κ3) is 2.67. The Morgan fingerprint density at radius 1 is 1.58 bits per heavy atom. The fourth-order valence-corrected chi connectivity index (χ4v) is 1.35. The van der Waals surface area contributed by atoms with E-state index in [2.05, 4.69) is 9.71 Å². The first kappa shape index (κ1) is 9.28. The summed E-state index contributed by atoms with van der Waals surface area (Å²) in [6, 6.07) is 1.83. The second-order valence-corrected chi connectivity index (χ2v) is 4.54. The topological polar surface area (TPSA) is 62.0 Å². The molecule has 0 fully saturated rings. The van der Waals surface area contributed by atoms with Gasteiger partial charge in [-0.3, -0.25) is 0 Å². The van der Waals surface area contributed by atoms with Gasteiger partial charge in [-0.25, -0.2) is 13.1 Å². The molecule has 0 spiro atoms. The smallest absolute Gasteiger partial charge is 0.211 e. The van der Waals surface area contributed by atoms with Gasteiger partial charge in [0, 0.05) is 18.9 Å². The standard InChI is InChI=1S/C7H12N2O2S/c1-2-12(10,11)9-6-7-3-4-8-5-7/h3-5,8-9H,2,6H2,1H3. The Balaban J connectivity index is 2.47. The highest BCUT2D eigenvalue weighted by atomic mass is 32.2. The van der Waals surface area contributed by atoms with Crippen LogP contribution in [0.25, 0.3) is 0 Å². The SMILES string of the molecule is CCS(=O)(=O)NCc1cc[nH]c1. The average Bonchev–Trinajstić information content (AvgIpc) is 2.53. The first-order valence-corrected chi connectivity index (χ1v) is 5.38. The van der Waals surface area contributed by atoms with Crippen LogP contribution in [0, 0.1) is 0 Å². The predicted molar refractivity (Wildman–Crippen MR) is 47.1 cm³/mol. The number of hydrogen-bond acceptors (Lipinski definition) is 2. The summed E-state index contributed by atoms with van der Waals surface area (Å²) in [6.07, 6.45) is 3.52. The number of aromatic amines is 1. The van der Waals surface area contributed by atoms with Gasteiger partial charge in [0.15, 0.2) is 0 Å². The maximum Gasteiger partial charge on any atom is 0.211 e. The van der Waals surface area contributed by atoms with Gasteiger partial charge in [-0.1, -0.05) is 0 Å². The van der Waals surface area contributed by atoms with Crippen LogP contribution in [0.1, 0.15) is 12.5 Å². The molecule has 0 aliphatic heterocycles. The molecule has 0 aliphatic carbocycles. The molecule has 68 valence electrons. The quantitative estimate of drug-likeness (QED) is 0.720. The Hall–Kier alpha value is -0.810. The second kappa shape index (κ2) is 3.73. The molecule has 1 aromatic heterocycles. The summed E-state index contributed by atoms with van der Waals surface area (Å²) >= 11 is 0. The van der Waals surface area contributed by atoms with Crippen molar-refractivity contribution in [3.05, 3.63) is 24.0 Å². The van der Waals surface area contributed by atoms with Crippen molar-refractivity contribution < 1.29 is 8.42 Å². The molecule has 0 unspecified atom stereocenters. The Bertz CT molecular complexity index is 315. The third-order valence-electron chi connectivity index (χ3n) is 1.54. The predicted octanol–water partition coefficient (Wildman–Crippen LogP) is 0.454. The van der Waals surface area contributed by atoms with E-state index in [1.807, 2.05) is 6.07 Å². The molecule has 0 saturated heterocycles. The van der Waals surface area contributed by atoms with Crippen LogP contribution in [-0.2, 0) is 16.6 Å². The maximum absolute atomic E-state index is 11.0. The van der Waals surface area contributed by atoms with Crippen molar-refractivity contribution in [2.75, 3.05) is 5.75 Å². The molecule has 2 N–H and O–H groups in total. The number of H-pyrrole nitrogens is 1. The van der Waals surface area contributed by atoms with Gasteiger partial charge in [0.1, 0.15) is 0 Å². The molecule has 0 bridgehead atoms. The number of hydrogen-bond donors (Lipinski definition) is 2. The van der Waals surface area contributed by atoms with E-state index in [9.17, 15) is 8.42 Å². The molecule has 12 heavy (non-hydrogen) atoms. The normalized spacial score (nSPS) is 11.8. The zero-order valence-electron chi connectivity index (χ0n) is 6.87. The van der Waals surface area contributed by atoms with Crippen LogP contribution < -0.4 is 4.72 Å². The van der Waals surface area contributed by atoms with E-state index < -0.39 is 10.0 Å². The van der Waals surface area contributed by atoms with Crippen molar-refractivity contribution in [2.24, 2.45) is 0 Å². The van der Waals surface area contributed by atoms with Gasteiger partial charge in [-0.05, 0) is 18.6 Å². The minimum atomic E-state index is -3.06. The van der Waals surface area contributed by atoms with E-state index >= 15 is 0 Å². The van der Waals surface area contributed by atoms with E-state index in [0.717, 1.165) is 5.56 Å². The number of rotatable bonds is 4. The summed E-state index contributed by atoms with van der Waals surface area (Å²) in [7, 11) is -3.06. The highest BCUT2D eigenvalue weighted by Crippen LogP contribution is 1.96. The Morgan fingerprint density at radius 3 is 2.83 bits per heavy atom. The van der Waals surface area contributed by atoms with Crippen LogP contribution in [0.5, 0.6) is 0 Å². The molecular formula is C7H12N2O2S. The summed E-state index contributed by atoms with van der Waals surface area (Å²) < 4.78 is 24.4. The molecule has 0 aliphatic rings. The highest BCUT2D eigenvalue weighted by molar-refractivity contribution is 7.89. The fourth-order valence-electron chi connectivity index (χ4n) is 0.764. The monoisotopic (exact) mass is 188 g/mol. The molecule has 5 heteroatoms. The van der Waals surface area contributed by atoms with Crippen molar-refractivity contribution in [3.63, 3.8) is 0 Å². The van der Waals surface area contributed by atoms with Gasteiger partial charge >= 0.3 is 0 Å². The Morgan fingerprint density at radius 2 is 2.33 bits per heavy atom. The first-order valence-electron chi connectivity index (χ1n) is 3.73. The summed E-state index contributed by atoms with van der Waals surface area (Å²) in [5, 5.41) is 0. The number of nitrogens with one attached hydrogen (secondary N) is 2. The second-order valence-electron chi connectivity index (χ2n) is 2.44. The molecule has 1 aromatic rings. The lowest BCUT2D eigenvalue weighted by molar-refractivity contribution is 0.582. The van der Waals surface area contributed by atoms with Crippen LogP contribution in [0.2, 0.25) is 0 Å². The third-order valence-corrected chi connectivity index (χ3v) is 2.88. The lowest BCUT2D eigenvalue weighted by Gasteiger charge is -2.01. The lowest BCUT2D eigenvalue weighted by atomic mass is 10.4. The van der Waals surface area contributed by atoms with Crippen molar-refractivity contribution in [1.82, 2.24) is 9.71 Å². The van der Waals surface area contributed by atoms with Gasteiger partial charge in [-0.15, -0.1) is 0 Å².